The van der Waals surface area contributed by atoms with Crippen LogP contribution in [0.3, 0.4) is 0 Å². The van der Waals surface area contributed by atoms with Crippen molar-refractivity contribution in [2.45, 2.75) is 72.9 Å². The van der Waals surface area contributed by atoms with E-state index in [2.05, 4.69) is 63.6 Å². The summed E-state index contributed by atoms with van der Waals surface area (Å²) in [4.78, 5) is 8.96. The molecule has 3 aromatic heterocycles. The third-order valence-corrected chi connectivity index (χ3v) is 9.35. The first-order chi connectivity index (χ1) is 28.4. The molecular formula is C49H46IrN2O-2. The zero-order valence-corrected chi connectivity index (χ0v) is 33.0. The van der Waals surface area contributed by atoms with Crippen molar-refractivity contribution < 1.29 is 36.9 Å². The van der Waals surface area contributed by atoms with Crippen molar-refractivity contribution in [2.75, 3.05) is 0 Å². The number of hydrogen-bond donors (Lipinski definition) is 0. The van der Waals surface area contributed by atoms with Gasteiger partial charge in [-0.15, -0.1) is 53.6 Å². The number of aromatic nitrogens is 2. The van der Waals surface area contributed by atoms with E-state index in [0.717, 1.165) is 43.9 Å². The fourth-order valence-electron chi connectivity index (χ4n) is 6.26. The topological polar surface area (TPSA) is 38.9 Å². The first-order valence-electron chi connectivity index (χ1n) is 21.8. The monoisotopic (exact) mass is 880 g/mol. The minimum absolute atomic E-state index is 0. The maximum atomic E-state index is 8.38. The zero-order chi connectivity index (χ0) is 44.3. The second-order valence-corrected chi connectivity index (χ2v) is 15.2. The molecule has 0 unspecified atom stereocenters. The molecule has 0 aliphatic rings. The molecule has 3 nitrogen and oxygen atoms in total. The Morgan fingerprint density at radius 2 is 1.38 bits per heavy atom. The number of para-hydroxylation sites is 1. The molecule has 0 aliphatic heterocycles. The molecule has 269 valence electrons. The van der Waals surface area contributed by atoms with Gasteiger partial charge >= 0.3 is 0 Å². The maximum absolute atomic E-state index is 8.38. The Balaban J connectivity index is 0.000000258. The fraction of sp³-hybridized carbons (Fsp3) is 0.224. The van der Waals surface area contributed by atoms with Crippen LogP contribution in [-0.4, -0.2) is 9.97 Å². The van der Waals surface area contributed by atoms with Crippen molar-refractivity contribution in [3.8, 4) is 33.6 Å². The second-order valence-electron chi connectivity index (χ2n) is 15.2. The summed E-state index contributed by atoms with van der Waals surface area (Å²) in [5.74, 6) is 0. The van der Waals surface area contributed by atoms with Crippen molar-refractivity contribution in [3.63, 3.8) is 0 Å². The van der Waals surface area contributed by atoms with Crippen LogP contribution in [0.5, 0.6) is 0 Å². The predicted molar refractivity (Wildman–Crippen MR) is 219 cm³/mol. The van der Waals surface area contributed by atoms with E-state index in [-0.39, 0.29) is 42.1 Å². The second kappa shape index (κ2) is 14.9. The first kappa shape index (κ1) is 27.7. The number of aryl methyl sites for hydroxylation is 3. The van der Waals surface area contributed by atoms with Crippen LogP contribution in [0.1, 0.15) is 81.7 Å². The normalized spacial score (nSPS) is 14.9. The number of fused-ring (bicyclic) bond motifs is 4. The minimum Gasteiger partial charge on any atom is -0.501 e. The van der Waals surface area contributed by atoms with E-state index in [9.17, 15) is 0 Å². The standard InChI is InChI=1S/C33H28NO.C16H18N.Ir/c1-20-15-23-16-24(33(3,4)5)14-13-22(23)17-28(20)29-18-30(34-19-21(29)2)27-11-8-10-26-25-9-6-7-12-31(25)35-32(26)27;1-12-5-7-13(8-6-12)15-10-9-14(11-17-15)16(2,3)4;/h6-10,12-19H,1-5H3;5-7,9-11H,1-4H3;/q2*-1;/i1D3,2D3;1D3;. The molecule has 0 atom stereocenters. The SMILES string of the molecule is [2H]C([2H])([2H])c1c[c-]c(-c2ccc(C(C)(C)C)cn2)cc1.[2H]C([2H])([2H])c1cnc(-c2[c-]ccc3c2oc2ccccc23)cc1-c1cc2ccc(C(C)(C)C)cc2cc1C([2H])([2H])[2H].[Ir]. The van der Waals surface area contributed by atoms with E-state index in [1.165, 1.54) is 17.8 Å². The number of benzene rings is 5. The molecule has 0 amide bonds. The third-order valence-electron chi connectivity index (χ3n) is 9.35. The van der Waals surface area contributed by atoms with Gasteiger partial charge in [-0.1, -0.05) is 120 Å². The van der Waals surface area contributed by atoms with Gasteiger partial charge in [0.1, 0.15) is 5.58 Å². The molecule has 0 N–H and O–H groups in total. The molecule has 4 heteroatoms. The fourth-order valence-corrected chi connectivity index (χ4v) is 6.26. The van der Waals surface area contributed by atoms with Crippen molar-refractivity contribution in [3.05, 3.63) is 155 Å². The zero-order valence-electron chi connectivity index (χ0n) is 39.6. The van der Waals surface area contributed by atoms with Gasteiger partial charge < -0.3 is 14.4 Å². The number of hydrogen-bond acceptors (Lipinski definition) is 3. The van der Waals surface area contributed by atoms with Crippen molar-refractivity contribution in [1.29, 1.82) is 0 Å². The Kier molecular flexibility index (Phi) is 7.76. The maximum Gasteiger partial charge on any atom is 0.120 e. The van der Waals surface area contributed by atoms with E-state index in [1.807, 2.05) is 66.9 Å². The minimum atomic E-state index is -2.52. The van der Waals surface area contributed by atoms with Crippen LogP contribution in [-0.2, 0) is 30.9 Å². The van der Waals surface area contributed by atoms with Crippen molar-refractivity contribution >= 4 is 32.7 Å². The summed E-state index contributed by atoms with van der Waals surface area (Å²) in [5, 5.41) is 3.45. The van der Waals surface area contributed by atoms with Crippen LogP contribution in [0.4, 0.5) is 0 Å². The van der Waals surface area contributed by atoms with Crippen molar-refractivity contribution in [1.82, 2.24) is 9.97 Å². The Bertz CT molecular complexity index is 2830. The van der Waals surface area contributed by atoms with Crippen LogP contribution < -0.4 is 0 Å². The van der Waals surface area contributed by atoms with E-state index in [4.69, 9.17) is 16.8 Å². The largest absolute Gasteiger partial charge is 0.501 e. The molecule has 3 heterocycles. The summed E-state index contributed by atoms with van der Waals surface area (Å²) >= 11 is 0. The number of nitrogens with zero attached hydrogens (tertiary/aromatic N) is 2. The van der Waals surface area contributed by atoms with Gasteiger partial charge in [-0.25, -0.2) is 0 Å². The predicted octanol–water partition coefficient (Wildman–Crippen LogP) is 13.3. The Morgan fingerprint density at radius 1 is 0.623 bits per heavy atom. The van der Waals surface area contributed by atoms with Crippen LogP contribution in [0, 0.1) is 32.7 Å². The van der Waals surface area contributed by atoms with Gasteiger partial charge in [-0.3, -0.25) is 0 Å². The molecule has 8 rings (SSSR count). The summed E-state index contributed by atoms with van der Waals surface area (Å²) in [6, 6.07) is 37.6. The van der Waals surface area contributed by atoms with Gasteiger partial charge in [-0.2, -0.15) is 0 Å². The van der Waals surface area contributed by atoms with Gasteiger partial charge in [0.25, 0.3) is 0 Å². The van der Waals surface area contributed by atoms with Gasteiger partial charge in [-0.05, 0) is 92.2 Å². The molecule has 0 fully saturated rings. The van der Waals surface area contributed by atoms with Crippen LogP contribution in [0.25, 0.3) is 66.4 Å². The molecule has 0 bridgehead atoms. The average Bonchev–Trinajstić information content (AvgIpc) is 3.58. The molecule has 5 aromatic carbocycles. The van der Waals surface area contributed by atoms with Gasteiger partial charge in [0.2, 0.25) is 0 Å². The van der Waals surface area contributed by atoms with Gasteiger partial charge in [0.05, 0.1) is 5.58 Å². The van der Waals surface area contributed by atoms with E-state index in [0.29, 0.717) is 33.5 Å². The molecule has 0 saturated heterocycles. The summed E-state index contributed by atoms with van der Waals surface area (Å²) in [5.41, 5.74) is 7.13. The molecule has 8 aromatic rings. The smallest absolute Gasteiger partial charge is 0.120 e. The number of furan rings is 1. The number of pyridine rings is 2. The summed E-state index contributed by atoms with van der Waals surface area (Å²) in [6.45, 7) is 5.64. The van der Waals surface area contributed by atoms with Gasteiger partial charge in [0, 0.05) is 50.2 Å². The Hall–Kier alpha value is -4.89. The molecule has 1 radical (unpaired) electrons. The first-order valence-corrected chi connectivity index (χ1v) is 17.3. The molecular weight excluding hydrogens is 825 g/mol. The molecule has 0 aliphatic carbocycles. The summed E-state index contributed by atoms with van der Waals surface area (Å²) < 4.78 is 78.1. The summed E-state index contributed by atoms with van der Waals surface area (Å²) in [7, 11) is 0. The molecule has 53 heavy (non-hydrogen) atoms. The van der Waals surface area contributed by atoms with E-state index < -0.39 is 20.6 Å². The Labute approximate surface area is 340 Å². The summed E-state index contributed by atoms with van der Waals surface area (Å²) in [6.07, 6.45) is 3.18. The van der Waals surface area contributed by atoms with Crippen LogP contribution in [0.15, 0.2) is 120 Å². The van der Waals surface area contributed by atoms with Crippen LogP contribution in [0.2, 0.25) is 0 Å². The van der Waals surface area contributed by atoms with E-state index >= 15 is 0 Å². The average molecular weight is 880 g/mol. The molecule has 0 saturated carbocycles. The van der Waals surface area contributed by atoms with Gasteiger partial charge in [0.15, 0.2) is 0 Å². The quantitative estimate of drug-likeness (QED) is 0.166. The third kappa shape index (κ3) is 7.91. The van der Waals surface area contributed by atoms with E-state index in [1.54, 1.807) is 36.4 Å². The van der Waals surface area contributed by atoms with Crippen molar-refractivity contribution in [2.24, 2.45) is 0 Å². The van der Waals surface area contributed by atoms with Crippen LogP contribution >= 0.6 is 0 Å². The molecule has 0 spiro atoms. The number of rotatable bonds is 3. The Morgan fingerprint density at radius 3 is 2.08 bits per heavy atom.